The molecule has 30 heavy (non-hydrogen) atoms. The lowest BCUT2D eigenvalue weighted by Gasteiger charge is -2.32. The van der Waals surface area contributed by atoms with Crippen molar-refractivity contribution in [2.24, 2.45) is 0 Å². The van der Waals surface area contributed by atoms with E-state index in [4.69, 9.17) is 14.2 Å². The summed E-state index contributed by atoms with van der Waals surface area (Å²) >= 11 is 0. The number of hydrogen-bond acceptors (Lipinski definition) is 8. The molecule has 1 aliphatic heterocycles. The highest BCUT2D eigenvalue weighted by atomic mass is 16.5. The first-order chi connectivity index (χ1) is 14.6. The van der Waals surface area contributed by atoms with Crippen LogP contribution in [-0.2, 0) is 4.79 Å². The van der Waals surface area contributed by atoms with E-state index >= 15 is 0 Å². The van der Waals surface area contributed by atoms with Gasteiger partial charge in [-0.05, 0) is 31.7 Å². The van der Waals surface area contributed by atoms with Gasteiger partial charge in [-0.2, -0.15) is 0 Å². The molecule has 2 aliphatic rings. The van der Waals surface area contributed by atoms with E-state index in [2.05, 4.69) is 25.5 Å². The molecule has 1 amide bonds. The molecule has 1 saturated heterocycles. The number of amides is 1. The number of piperidine rings is 1. The molecule has 1 aromatic carbocycles. The van der Waals surface area contributed by atoms with E-state index in [1.165, 1.54) is 6.33 Å². The molecule has 0 radical (unpaired) electrons. The third-order valence-electron chi connectivity index (χ3n) is 5.67. The number of nitrogens with zero attached hydrogens (tertiary/aromatic N) is 3. The number of hydrogen-bond donors (Lipinski definition) is 2. The molecule has 0 unspecified atom stereocenters. The number of aromatic nitrogens is 2. The first kappa shape index (κ1) is 20.5. The molecule has 9 nitrogen and oxygen atoms in total. The van der Waals surface area contributed by atoms with Crippen molar-refractivity contribution in [3.8, 4) is 17.2 Å². The first-order valence-corrected chi connectivity index (χ1v) is 10.3. The Morgan fingerprint density at radius 1 is 1.03 bits per heavy atom. The number of carbonyl (C=O) groups excluding carboxylic acids is 1. The number of benzene rings is 1. The van der Waals surface area contributed by atoms with Gasteiger partial charge in [0.1, 0.15) is 17.7 Å². The smallest absolute Gasteiger partial charge is 0.234 e. The predicted molar refractivity (Wildman–Crippen MR) is 113 cm³/mol. The van der Waals surface area contributed by atoms with Crippen molar-refractivity contribution in [3.63, 3.8) is 0 Å². The Hall–Kier alpha value is -2.81. The Balaban J connectivity index is 1.46. The van der Waals surface area contributed by atoms with E-state index in [1.54, 1.807) is 21.3 Å². The van der Waals surface area contributed by atoms with Gasteiger partial charge in [-0.3, -0.25) is 9.69 Å². The van der Waals surface area contributed by atoms with Crippen LogP contribution >= 0.6 is 0 Å². The topological polar surface area (TPSA) is 97.8 Å². The number of nitrogens with one attached hydrogen (secondary N) is 2. The zero-order valence-electron chi connectivity index (χ0n) is 17.7. The molecule has 0 atom stereocenters. The Kier molecular flexibility index (Phi) is 6.08. The minimum Gasteiger partial charge on any atom is -0.493 e. The second-order valence-electron chi connectivity index (χ2n) is 7.80. The fourth-order valence-electron chi connectivity index (χ4n) is 3.91. The van der Waals surface area contributed by atoms with Crippen molar-refractivity contribution in [2.45, 2.75) is 37.8 Å². The summed E-state index contributed by atoms with van der Waals surface area (Å²) in [6, 6.07) is 2.55. The summed E-state index contributed by atoms with van der Waals surface area (Å²) in [5.41, 5.74) is 0.668. The lowest BCUT2D eigenvalue weighted by atomic mass is 10.0. The molecule has 9 heteroatoms. The minimum absolute atomic E-state index is 0.138. The predicted octanol–water partition coefficient (Wildman–Crippen LogP) is 1.81. The SMILES string of the molecule is COc1cc2c(NC3CCN(CC(=O)NC4CC4)CC3)ncnc2c(OC)c1OC. The maximum Gasteiger partial charge on any atom is 0.234 e. The molecule has 162 valence electrons. The van der Waals surface area contributed by atoms with Crippen molar-refractivity contribution >= 4 is 22.6 Å². The quantitative estimate of drug-likeness (QED) is 0.674. The molecule has 2 heterocycles. The number of methoxy groups -OCH3 is 3. The average molecular weight is 415 g/mol. The van der Waals surface area contributed by atoms with Crippen molar-refractivity contribution in [1.29, 1.82) is 0 Å². The Morgan fingerprint density at radius 2 is 1.77 bits per heavy atom. The van der Waals surface area contributed by atoms with E-state index in [9.17, 15) is 4.79 Å². The number of rotatable bonds is 8. The summed E-state index contributed by atoms with van der Waals surface area (Å²) in [6.45, 7) is 2.23. The summed E-state index contributed by atoms with van der Waals surface area (Å²) in [7, 11) is 4.75. The summed E-state index contributed by atoms with van der Waals surface area (Å²) in [5, 5.41) is 7.42. The van der Waals surface area contributed by atoms with Crippen LogP contribution in [0.4, 0.5) is 5.82 Å². The molecule has 2 fully saturated rings. The summed E-state index contributed by atoms with van der Waals surface area (Å²) in [4.78, 5) is 23.1. The number of fused-ring (bicyclic) bond motifs is 1. The van der Waals surface area contributed by atoms with Crippen LogP contribution in [0, 0.1) is 0 Å². The van der Waals surface area contributed by atoms with Gasteiger partial charge in [-0.1, -0.05) is 0 Å². The molecule has 2 N–H and O–H groups in total. The number of ether oxygens (including phenoxy) is 3. The van der Waals surface area contributed by atoms with Gasteiger partial charge in [0, 0.05) is 25.2 Å². The molecule has 1 aromatic heterocycles. The van der Waals surface area contributed by atoms with Crippen LogP contribution in [0.2, 0.25) is 0 Å². The fourth-order valence-corrected chi connectivity index (χ4v) is 3.91. The molecule has 0 spiro atoms. The van der Waals surface area contributed by atoms with Gasteiger partial charge >= 0.3 is 0 Å². The van der Waals surface area contributed by atoms with Crippen molar-refractivity contribution in [2.75, 3.05) is 46.3 Å². The van der Waals surface area contributed by atoms with Crippen LogP contribution in [0.1, 0.15) is 25.7 Å². The second kappa shape index (κ2) is 8.91. The van der Waals surface area contributed by atoms with Crippen LogP contribution in [0.15, 0.2) is 12.4 Å². The Bertz CT molecular complexity index is 910. The van der Waals surface area contributed by atoms with Crippen LogP contribution < -0.4 is 24.8 Å². The molecular formula is C21H29N5O4. The second-order valence-corrected chi connectivity index (χ2v) is 7.80. The van der Waals surface area contributed by atoms with E-state index < -0.39 is 0 Å². The average Bonchev–Trinajstić information content (AvgIpc) is 3.57. The van der Waals surface area contributed by atoms with E-state index in [0.717, 1.165) is 50.0 Å². The summed E-state index contributed by atoms with van der Waals surface area (Å²) in [5.74, 6) is 2.47. The van der Waals surface area contributed by atoms with Gasteiger partial charge in [-0.25, -0.2) is 9.97 Å². The highest BCUT2D eigenvalue weighted by Crippen LogP contribution is 2.43. The minimum atomic E-state index is 0.138. The standard InChI is InChI=1S/C21H29N5O4/c1-28-16-10-15-18(20(30-3)19(16)29-2)22-12-23-21(15)25-14-6-8-26(9-7-14)11-17(27)24-13-4-5-13/h10,12-14H,4-9,11H2,1-3H3,(H,24,27)(H,22,23,25). The Labute approximate surface area is 176 Å². The third-order valence-corrected chi connectivity index (χ3v) is 5.67. The van der Waals surface area contributed by atoms with Gasteiger partial charge in [0.25, 0.3) is 0 Å². The van der Waals surface area contributed by atoms with Gasteiger partial charge in [0.15, 0.2) is 11.5 Å². The molecular weight excluding hydrogens is 386 g/mol. The van der Waals surface area contributed by atoms with Gasteiger partial charge in [0.2, 0.25) is 11.7 Å². The van der Waals surface area contributed by atoms with Crippen molar-refractivity contribution in [1.82, 2.24) is 20.2 Å². The molecule has 0 bridgehead atoms. The van der Waals surface area contributed by atoms with Crippen LogP contribution in [-0.4, -0.2) is 73.8 Å². The normalized spacial score (nSPS) is 17.6. The maximum absolute atomic E-state index is 12.0. The number of carbonyl (C=O) groups is 1. The zero-order valence-corrected chi connectivity index (χ0v) is 17.7. The third kappa shape index (κ3) is 4.35. The maximum atomic E-state index is 12.0. The molecule has 2 aromatic rings. The van der Waals surface area contributed by atoms with Crippen LogP contribution in [0.3, 0.4) is 0 Å². The van der Waals surface area contributed by atoms with Crippen LogP contribution in [0.5, 0.6) is 17.2 Å². The van der Waals surface area contributed by atoms with E-state index in [-0.39, 0.29) is 11.9 Å². The highest BCUT2D eigenvalue weighted by molar-refractivity contribution is 5.96. The largest absolute Gasteiger partial charge is 0.493 e. The number of anilines is 1. The van der Waals surface area contributed by atoms with Crippen molar-refractivity contribution in [3.05, 3.63) is 12.4 Å². The van der Waals surface area contributed by atoms with Crippen molar-refractivity contribution < 1.29 is 19.0 Å². The highest BCUT2D eigenvalue weighted by Gasteiger charge is 2.26. The summed E-state index contributed by atoms with van der Waals surface area (Å²) in [6.07, 6.45) is 5.63. The van der Waals surface area contributed by atoms with Gasteiger partial charge in [-0.15, -0.1) is 0 Å². The lowest BCUT2D eigenvalue weighted by Crippen LogP contribution is -2.44. The van der Waals surface area contributed by atoms with E-state index in [0.29, 0.717) is 35.4 Å². The zero-order chi connectivity index (χ0) is 21.1. The first-order valence-electron chi connectivity index (χ1n) is 10.3. The van der Waals surface area contributed by atoms with E-state index in [1.807, 2.05) is 6.07 Å². The Morgan fingerprint density at radius 3 is 2.40 bits per heavy atom. The number of likely N-dealkylation sites (tertiary alicyclic amines) is 1. The molecule has 4 rings (SSSR count). The molecule has 1 saturated carbocycles. The monoisotopic (exact) mass is 415 g/mol. The fraction of sp³-hybridized carbons (Fsp3) is 0.571. The van der Waals surface area contributed by atoms with Gasteiger partial charge in [0.05, 0.1) is 33.3 Å². The van der Waals surface area contributed by atoms with Crippen LogP contribution in [0.25, 0.3) is 10.9 Å². The molecule has 1 aliphatic carbocycles. The lowest BCUT2D eigenvalue weighted by molar-refractivity contribution is -0.122. The van der Waals surface area contributed by atoms with Gasteiger partial charge < -0.3 is 24.8 Å². The summed E-state index contributed by atoms with van der Waals surface area (Å²) < 4.78 is 16.5.